The fraction of sp³-hybridized carbons (Fsp3) is 0.667. The molecule has 1 saturated carbocycles. The molecule has 0 N–H and O–H groups in total. The summed E-state index contributed by atoms with van der Waals surface area (Å²) in [6, 6.07) is 10.2. The predicted molar refractivity (Wildman–Crippen MR) is 101 cm³/mol. The summed E-state index contributed by atoms with van der Waals surface area (Å²) in [4.78, 5) is 13.3. The average molecular weight is 363 g/mol. The average Bonchev–Trinajstić information content (AvgIpc) is 2.83. The second-order valence-electron chi connectivity index (χ2n) is 7.99. The van der Waals surface area contributed by atoms with Crippen LogP contribution in [0.15, 0.2) is 35.2 Å². The highest BCUT2D eigenvalue weighted by Gasteiger charge is 2.46. The standard InChI is InChI=1S/C21H30O3S/c1-13(2)17-11-10-14(3)12-18(17)23-21-19(15(4)20(22)24-21)25-16-8-6-5-7-9-16/h5-9,13-15,17-19,21H,10-12H2,1-4H3/t14-,15+,17+,18-,19-,21-/m1/s1. The van der Waals surface area contributed by atoms with Gasteiger partial charge in [-0.15, -0.1) is 11.8 Å². The van der Waals surface area contributed by atoms with Gasteiger partial charge in [-0.1, -0.05) is 52.3 Å². The molecule has 0 aromatic heterocycles. The molecule has 6 atom stereocenters. The first kappa shape index (κ1) is 18.8. The Morgan fingerprint density at radius 1 is 1.16 bits per heavy atom. The van der Waals surface area contributed by atoms with Crippen LogP contribution in [0.4, 0.5) is 0 Å². The maximum atomic E-state index is 12.2. The fourth-order valence-corrected chi connectivity index (χ4v) is 5.20. The molecular weight excluding hydrogens is 332 g/mol. The summed E-state index contributed by atoms with van der Waals surface area (Å²) in [5.74, 6) is 1.53. The number of carbonyl (C=O) groups excluding carboxylic acids is 1. The van der Waals surface area contributed by atoms with Crippen LogP contribution in [0.2, 0.25) is 0 Å². The van der Waals surface area contributed by atoms with Crippen LogP contribution in [-0.2, 0) is 14.3 Å². The minimum Gasteiger partial charge on any atom is -0.434 e. The molecule has 0 spiro atoms. The highest BCUT2D eigenvalue weighted by atomic mass is 32.2. The summed E-state index contributed by atoms with van der Waals surface area (Å²) in [6.45, 7) is 8.80. The number of esters is 1. The Morgan fingerprint density at radius 2 is 1.88 bits per heavy atom. The van der Waals surface area contributed by atoms with Gasteiger partial charge in [-0.3, -0.25) is 4.79 Å². The summed E-state index contributed by atoms with van der Waals surface area (Å²) < 4.78 is 12.1. The minimum absolute atomic E-state index is 0.0138. The molecule has 4 heteroatoms. The van der Waals surface area contributed by atoms with E-state index in [0.29, 0.717) is 17.8 Å². The van der Waals surface area contributed by atoms with Crippen molar-refractivity contribution in [2.45, 2.75) is 69.5 Å². The van der Waals surface area contributed by atoms with E-state index in [1.807, 2.05) is 25.1 Å². The molecule has 1 heterocycles. The molecule has 1 aliphatic heterocycles. The van der Waals surface area contributed by atoms with Gasteiger partial charge in [-0.2, -0.15) is 0 Å². The Kier molecular flexibility index (Phi) is 6.11. The molecule has 2 fully saturated rings. The zero-order valence-corrected chi connectivity index (χ0v) is 16.5. The molecule has 0 amide bonds. The maximum Gasteiger partial charge on any atom is 0.312 e. The van der Waals surface area contributed by atoms with Gasteiger partial charge >= 0.3 is 5.97 Å². The summed E-state index contributed by atoms with van der Waals surface area (Å²) in [6.07, 6.45) is 3.28. The Labute approximate surface area is 155 Å². The van der Waals surface area contributed by atoms with Crippen molar-refractivity contribution in [3.05, 3.63) is 30.3 Å². The summed E-state index contributed by atoms with van der Waals surface area (Å²) >= 11 is 1.70. The lowest BCUT2D eigenvalue weighted by Gasteiger charge is -2.38. The van der Waals surface area contributed by atoms with Crippen molar-refractivity contribution in [1.29, 1.82) is 0 Å². The number of thioether (sulfide) groups is 1. The van der Waals surface area contributed by atoms with E-state index in [0.717, 1.165) is 11.3 Å². The zero-order chi connectivity index (χ0) is 18.0. The van der Waals surface area contributed by atoms with E-state index in [2.05, 4.69) is 32.9 Å². The van der Waals surface area contributed by atoms with E-state index in [1.165, 1.54) is 12.8 Å². The van der Waals surface area contributed by atoms with E-state index < -0.39 is 6.29 Å². The van der Waals surface area contributed by atoms with Gasteiger partial charge in [0.15, 0.2) is 0 Å². The molecule has 1 aromatic rings. The Balaban J connectivity index is 1.73. The lowest BCUT2D eigenvalue weighted by atomic mass is 9.75. The first-order chi connectivity index (χ1) is 12.0. The van der Waals surface area contributed by atoms with E-state index in [-0.39, 0.29) is 23.2 Å². The third-order valence-electron chi connectivity index (χ3n) is 5.65. The number of hydrogen-bond acceptors (Lipinski definition) is 4. The molecule has 0 unspecified atom stereocenters. The van der Waals surface area contributed by atoms with Gasteiger partial charge in [0.2, 0.25) is 6.29 Å². The van der Waals surface area contributed by atoms with Crippen LogP contribution in [0.5, 0.6) is 0 Å². The van der Waals surface area contributed by atoms with Crippen molar-refractivity contribution in [2.75, 3.05) is 0 Å². The number of benzene rings is 1. The van der Waals surface area contributed by atoms with Crippen LogP contribution < -0.4 is 0 Å². The first-order valence-corrected chi connectivity index (χ1v) is 10.4. The number of carbonyl (C=O) groups is 1. The molecule has 1 saturated heterocycles. The van der Waals surface area contributed by atoms with Crippen molar-refractivity contribution < 1.29 is 14.3 Å². The highest BCUT2D eigenvalue weighted by molar-refractivity contribution is 8.00. The van der Waals surface area contributed by atoms with Crippen LogP contribution in [0.3, 0.4) is 0 Å². The summed E-state index contributed by atoms with van der Waals surface area (Å²) in [5.41, 5.74) is 0. The number of rotatable bonds is 5. The molecule has 3 nitrogen and oxygen atoms in total. The van der Waals surface area contributed by atoms with Gasteiger partial charge in [-0.25, -0.2) is 0 Å². The van der Waals surface area contributed by atoms with Crippen molar-refractivity contribution in [2.24, 2.45) is 23.7 Å². The highest BCUT2D eigenvalue weighted by Crippen LogP contribution is 2.41. The molecule has 0 bridgehead atoms. The van der Waals surface area contributed by atoms with E-state index in [1.54, 1.807) is 11.8 Å². The molecule has 25 heavy (non-hydrogen) atoms. The molecular formula is C21H30O3S. The van der Waals surface area contributed by atoms with Crippen molar-refractivity contribution in [3.63, 3.8) is 0 Å². The minimum atomic E-state index is -0.441. The third-order valence-corrected chi connectivity index (χ3v) is 7.10. The number of hydrogen-bond donors (Lipinski definition) is 0. The van der Waals surface area contributed by atoms with Gasteiger partial charge in [0.1, 0.15) is 0 Å². The summed E-state index contributed by atoms with van der Waals surface area (Å²) in [5, 5.41) is 0.0138. The van der Waals surface area contributed by atoms with E-state index >= 15 is 0 Å². The van der Waals surface area contributed by atoms with Crippen molar-refractivity contribution in [1.82, 2.24) is 0 Å². The lowest BCUT2D eigenvalue weighted by molar-refractivity contribution is -0.185. The Bertz CT molecular complexity index is 574. The number of ether oxygens (including phenoxy) is 2. The third kappa shape index (κ3) is 4.40. The van der Waals surface area contributed by atoms with Crippen LogP contribution in [-0.4, -0.2) is 23.6 Å². The smallest absolute Gasteiger partial charge is 0.312 e. The second kappa shape index (κ2) is 8.13. The van der Waals surface area contributed by atoms with Crippen LogP contribution in [0.25, 0.3) is 0 Å². The molecule has 0 radical (unpaired) electrons. The monoisotopic (exact) mass is 362 g/mol. The number of cyclic esters (lactones) is 1. The Morgan fingerprint density at radius 3 is 2.56 bits per heavy atom. The van der Waals surface area contributed by atoms with Gasteiger partial charge in [-0.05, 0) is 42.7 Å². The van der Waals surface area contributed by atoms with Crippen LogP contribution in [0, 0.1) is 23.7 Å². The fourth-order valence-electron chi connectivity index (χ4n) is 4.02. The quantitative estimate of drug-likeness (QED) is 0.679. The van der Waals surface area contributed by atoms with Gasteiger partial charge in [0.05, 0.1) is 17.3 Å². The van der Waals surface area contributed by atoms with Gasteiger partial charge < -0.3 is 9.47 Å². The lowest BCUT2D eigenvalue weighted by Crippen LogP contribution is -2.39. The normalized spacial score (nSPS) is 35.8. The van der Waals surface area contributed by atoms with E-state index in [4.69, 9.17) is 9.47 Å². The zero-order valence-electron chi connectivity index (χ0n) is 15.7. The molecule has 3 rings (SSSR count). The van der Waals surface area contributed by atoms with Crippen LogP contribution in [0.1, 0.15) is 47.0 Å². The largest absolute Gasteiger partial charge is 0.434 e. The SMILES string of the molecule is CC(C)[C@@H]1CC[C@@H](C)C[C@H]1O[C@@H]1OC(=O)[C@@H](C)[C@H]1Sc1ccccc1. The van der Waals surface area contributed by atoms with Crippen LogP contribution >= 0.6 is 11.8 Å². The van der Waals surface area contributed by atoms with E-state index in [9.17, 15) is 4.79 Å². The topological polar surface area (TPSA) is 35.5 Å². The molecule has 1 aliphatic carbocycles. The van der Waals surface area contributed by atoms with Crippen molar-refractivity contribution in [3.8, 4) is 0 Å². The second-order valence-corrected chi connectivity index (χ2v) is 9.24. The van der Waals surface area contributed by atoms with Gasteiger partial charge in [0, 0.05) is 4.90 Å². The summed E-state index contributed by atoms with van der Waals surface area (Å²) in [7, 11) is 0. The molecule has 2 aliphatic rings. The first-order valence-electron chi connectivity index (χ1n) is 9.53. The predicted octanol–water partition coefficient (Wildman–Crippen LogP) is 5.14. The van der Waals surface area contributed by atoms with Crippen molar-refractivity contribution >= 4 is 17.7 Å². The maximum absolute atomic E-state index is 12.2. The van der Waals surface area contributed by atoms with Gasteiger partial charge in [0.25, 0.3) is 0 Å². The molecule has 1 aromatic carbocycles. The Hall–Kier alpha value is -1.00. The molecule has 138 valence electrons.